The zero-order valence-electron chi connectivity index (χ0n) is 11.2. The van der Waals surface area contributed by atoms with E-state index in [1.165, 1.54) is 11.3 Å². The number of anilines is 2. The van der Waals surface area contributed by atoms with Crippen LogP contribution in [0.5, 0.6) is 0 Å². The third-order valence-electron chi connectivity index (χ3n) is 3.00. The van der Waals surface area contributed by atoms with Crippen molar-refractivity contribution in [3.05, 3.63) is 10.4 Å². The van der Waals surface area contributed by atoms with E-state index in [1.54, 1.807) is 0 Å². The highest BCUT2D eigenvalue weighted by atomic mass is 32.1. The van der Waals surface area contributed by atoms with Crippen molar-refractivity contribution in [2.24, 2.45) is 0 Å². The molecular weight excluding hydrogens is 260 g/mol. The lowest BCUT2D eigenvalue weighted by atomic mass is 10.1. The molecule has 5 nitrogen and oxygen atoms in total. The van der Waals surface area contributed by atoms with Crippen molar-refractivity contribution in [2.75, 3.05) is 23.7 Å². The molecule has 6 heteroatoms. The highest BCUT2D eigenvalue weighted by Crippen LogP contribution is 2.39. The molecule has 0 saturated carbocycles. The molecule has 1 unspecified atom stereocenters. The second-order valence-electron chi connectivity index (χ2n) is 5.32. The topological polar surface area (TPSA) is 86.1 Å². The molecule has 0 aromatic carbocycles. The van der Waals surface area contributed by atoms with Crippen molar-refractivity contribution in [2.45, 2.75) is 32.5 Å². The fraction of sp³-hybridized carbons (Fsp3) is 0.538. The van der Waals surface area contributed by atoms with Crippen LogP contribution in [0.4, 0.5) is 10.7 Å². The summed E-state index contributed by atoms with van der Waals surface area (Å²) >= 11 is 1.28. The van der Waals surface area contributed by atoms with Gasteiger partial charge in [0, 0.05) is 13.1 Å². The van der Waals surface area contributed by atoms with Crippen LogP contribution in [0, 0.1) is 22.7 Å². The van der Waals surface area contributed by atoms with E-state index in [-0.39, 0.29) is 11.7 Å². The second kappa shape index (κ2) is 4.73. The Morgan fingerprint density at radius 1 is 1.42 bits per heavy atom. The van der Waals surface area contributed by atoms with Gasteiger partial charge in [0.15, 0.2) is 0 Å². The van der Waals surface area contributed by atoms with Crippen LogP contribution in [0.2, 0.25) is 0 Å². The van der Waals surface area contributed by atoms with Crippen LogP contribution in [0.3, 0.4) is 0 Å². The molecule has 0 bridgehead atoms. The van der Waals surface area contributed by atoms with E-state index < -0.39 is 0 Å². The van der Waals surface area contributed by atoms with Gasteiger partial charge in [-0.2, -0.15) is 10.5 Å². The van der Waals surface area contributed by atoms with Crippen LogP contribution in [-0.2, 0) is 4.74 Å². The molecule has 1 aliphatic heterocycles. The average molecular weight is 276 g/mol. The molecule has 1 aromatic rings. The minimum atomic E-state index is -0.282. The number of nitrogens with zero attached hydrogens (tertiary/aromatic N) is 3. The van der Waals surface area contributed by atoms with Crippen LogP contribution >= 0.6 is 11.3 Å². The second-order valence-corrected chi connectivity index (χ2v) is 6.32. The highest BCUT2D eigenvalue weighted by Gasteiger charge is 2.34. The Morgan fingerprint density at radius 2 is 2.11 bits per heavy atom. The summed E-state index contributed by atoms with van der Waals surface area (Å²) in [5, 5.41) is 19.1. The summed E-state index contributed by atoms with van der Waals surface area (Å²) in [6.45, 7) is 7.41. The lowest BCUT2D eigenvalue weighted by Gasteiger charge is -2.42. The first-order valence-electron chi connectivity index (χ1n) is 6.03. The lowest BCUT2D eigenvalue weighted by Crippen LogP contribution is -2.52. The Bertz CT molecular complexity index is 579. The largest absolute Gasteiger partial charge is 0.396 e. The van der Waals surface area contributed by atoms with Crippen LogP contribution in [0.1, 0.15) is 31.2 Å². The van der Waals surface area contributed by atoms with Gasteiger partial charge in [0.25, 0.3) is 0 Å². The molecule has 1 aromatic heterocycles. The first-order valence-corrected chi connectivity index (χ1v) is 6.85. The Balaban J connectivity index is 2.43. The van der Waals surface area contributed by atoms with Crippen molar-refractivity contribution in [3.8, 4) is 12.1 Å². The Kier molecular flexibility index (Phi) is 3.40. The number of morpholine rings is 1. The molecule has 0 amide bonds. The molecule has 1 fully saturated rings. The first kappa shape index (κ1) is 13.7. The van der Waals surface area contributed by atoms with Crippen molar-refractivity contribution < 1.29 is 4.74 Å². The maximum Gasteiger partial charge on any atom is 0.131 e. The molecule has 1 aliphatic rings. The monoisotopic (exact) mass is 276 g/mol. The lowest BCUT2D eigenvalue weighted by molar-refractivity contribution is -0.0748. The quantitative estimate of drug-likeness (QED) is 0.848. The number of nitrogen functional groups attached to an aromatic ring is 1. The first-order chi connectivity index (χ1) is 8.88. The molecule has 0 spiro atoms. The molecule has 1 atom stereocenters. The summed E-state index contributed by atoms with van der Waals surface area (Å²) in [5.41, 5.74) is 6.26. The number of ether oxygens (including phenoxy) is 1. The summed E-state index contributed by atoms with van der Waals surface area (Å²) in [4.78, 5) is 2.50. The molecule has 2 rings (SSSR count). The van der Waals surface area contributed by atoms with Gasteiger partial charge in [-0.3, -0.25) is 0 Å². The Hall–Kier alpha value is -1.76. The maximum absolute atomic E-state index is 9.24. The smallest absolute Gasteiger partial charge is 0.131 e. The van der Waals surface area contributed by atoms with Gasteiger partial charge in [-0.15, -0.1) is 11.3 Å². The summed E-state index contributed by atoms with van der Waals surface area (Å²) in [6, 6.07) is 4.16. The highest BCUT2D eigenvalue weighted by molar-refractivity contribution is 7.17. The number of hydrogen-bond donors (Lipinski definition) is 1. The van der Waals surface area contributed by atoms with E-state index in [0.717, 1.165) is 5.00 Å². The van der Waals surface area contributed by atoms with E-state index in [0.29, 0.717) is 29.2 Å². The number of nitriles is 2. The minimum Gasteiger partial charge on any atom is -0.396 e. The summed E-state index contributed by atoms with van der Waals surface area (Å²) in [6.07, 6.45) is 0.0733. The molecule has 0 aliphatic carbocycles. The van der Waals surface area contributed by atoms with Gasteiger partial charge in [0.05, 0.1) is 17.4 Å². The van der Waals surface area contributed by atoms with Crippen LogP contribution < -0.4 is 10.6 Å². The van der Waals surface area contributed by atoms with Gasteiger partial charge in [0.2, 0.25) is 0 Å². The molecule has 100 valence electrons. The predicted octanol–water partition coefficient (Wildman–Crippen LogP) is 2.08. The number of nitrogens with two attached hydrogens (primary N) is 1. The Labute approximate surface area is 116 Å². The summed E-state index contributed by atoms with van der Waals surface area (Å²) in [5.74, 6) is 0. The molecule has 2 N–H and O–H groups in total. The maximum atomic E-state index is 9.24. The Morgan fingerprint density at radius 3 is 2.63 bits per heavy atom. The van der Waals surface area contributed by atoms with E-state index in [1.807, 2.05) is 26.8 Å². The van der Waals surface area contributed by atoms with E-state index in [4.69, 9.17) is 15.7 Å². The molecular formula is C13H16N4OS. The van der Waals surface area contributed by atoms with Crippen molar-refractivity contribution in [1.82, 2.24) is 0 Å². The van der Waals surface area contributed by atoms with Crippen LogP contribution in [0.25, 0.3) is 0 Å². The van der Waals surface area contributed by atoms with Gasteiger partial charge in [0.1, 0.15) is 27.6 Å². The van der Waals surface area contributed by atoms with Crippen LogP contribution in [0.15, 0.2) is 0 Å². The fourth-order valence-electron chi connectivity index (χ4n) is 2.45. The average Bonchev–Trinajstić information content (AvgIpc) is 2.63. The number of rotatable bonds is 1. The number of hydrogen-bond acceptors (Lipinski definition) is 6. The minimum absolute atomic E-state index is 0.0733. The van der Waals surface area contributed by atoms with E-state index >= 15 is 0 Å². The molecule has 0 radical (unpaired) electrons. The van der Waals surface area contributed by atoms with Crippen molar-refractivity contribution in [1.29, 1.82) is 10.5 Å². The van der Waals surface area contributed by atoms with E-state index in [9.17, 15) is 5.26 Å². The normalized spacial score (nSPS) is 21.7. The fourth-order valence-corrected chi connectivity index (χ4v) is 3.43. The van der Waals surface area contributed by atoms with Gasteiger partial charge in [-0.05, 0) is 20.8 Å². The van der Waals surface area contributed by atoms with Gasteiger partial charge in [-0.25, -0.2) is 0 Å². The van der Waals surface area contributed by atoms with Crippen LogP contribution in [-0.4, -0.2) is 24.8 Å². The third kappa shape index (κ3) is 2.51. The standard InChI is InChI=1S/C13H16N4OS/c1-8-6-17(7-13(2,3)18-8)12-9(4-14)11(16)10(5-15)19-12/h8H,6-7,16H2,1-3H3. The SMILES string of the molecule is CC1CN(c2sc(C#N)c(N)c2C#N)CC(C)(C)O1. The predicted molar refractivity (Wildman–Crippen MR) is 75.0 cm³/mol. The van der Waals surface area contributed by atoms with Gasteiger partial charge in [-0.1, -0.05) is 0 Å². The van der Waals surface area contributed by atoms with Gasteiger partial charge >= 0.3 is 0 Å². The number of thiophene rings is 1. The van der Waals surface area contributed by atoms with Gasteiger partial charge < -0.3 is 15.4 Å². The zero-order valence-corrected chi connectivity index (χ0v) is 12.0. The van der Waals surface area contributed by atoms with Crippen molar-refractivity contribution >= 4 is 22.0 Å². The summed E-state index contributed by atoms with van der Waals surface area (Å²) in [7, 11) is 0. The third-order valence-corrected chi connectivity index (χ3v) is 4.17. The zero-order chi connectivity index (χ0) is 14.2. The van der Waals surface area contributed by atoms with E-state index in [2.05, 4.69) is 11.0 Å². The molecule has 2 heterocycles. The molecule has 1 saturated heterocycles. The van der Waals surface area contributed by atoms with Crippen molar-refractivity contribution in [3.63, 3.8) is 0 Å². The molecule has 19 heavy (non-hydrogen) atoms. The summed E-state index contributed by atoms with van der Waals surface area (Å²) < 4.78 is 5.85.